The van der Waals surface area contributed by atoms with Gasteiger partial charge >= 0.3 is 0 Å². The van der Waals surface area contributed by atoms with E-state index in [1.807, 2.05) is 18.2 Å². The lowest BCUT2D eigenvalue weighted by atomic mass is 10.1. The summed E-state index contributed by atoms with van der Waals surface area (Å²) in [6, 6.07) is 12.9. The first-order valence-electron chi connectivity index (χ1n) is 6.81. The van der Waals surface area contributed by atoms with Crippen molar-refractivity contribution in [2.75, 3.05) is 12.4 Å². The van der Waals surface area contributed by atoms with Crippen molar-refractivity contribution >= 4 is 11.4 Å². The first kappa shape index (κ1) is 14.8. The van der Waals surface area contributed by atoms with E-state index in [-0.39, 0.29) is 5.69 Å². The second-order valence-corrected chi connectivity index (χ2v) is 4.65. The summed E-state index contributed by atoms with van der Waals surface area (Å²) in [5.41, 5.74) is 2.65. The van der Waals surface area contributed by atoms with Crippen LogP contribution in [0.3, 0.4) is 0 Å². The van der Waals surface area contributed by atoms with Crippen molar-refractivity contribution in [3.8, 4) is 5.75 Å². The third-order valence-electron chi connectivity index (χ3n) is 3.24. The van der Waals surface area contributed by atoms with E-state index in [1.54, 1.807) is 19.2 Å². The topological polar surface area (TPSA) is 64.4 Å². The number of nitrogens with zero attached hydrogens (tertiary/aromatic N) is 1. The largest absolute Gasteiger partial charge is 0.489 e. The van der Waals surface area contributed by atoms with E-state index in [0.717, 1.165) is 17.7 Å². The van der Waals surface area contributed by atoms with Crippen molar-refractivity contribution in [1.29, 1.82) is 0 Å². The molecule has 5 heteroatoms. The normalized spacial score (nSPS) is 10.2. The number of hydrogen-bond donors (Lipinski definition) is 1. The van der Waals surface area contributed by atoms with Gasteiger partial charge in [-0.25, -0.2) is 0 Å². The minimum Gasteiger partial charge on any atom is -0.489 e. The zero-order valence-electron chi connectivity index (χ0n) is 12.1. The number of nitro benzene ring substituents is 1. The quantitative estimate of drug-likeness (QED) is 0.648. The van der Waals surface area contributed by atoms with Crippen LogP contribution >= 0.6 is 0 Å². The van der Waals surface area contributed by atoms with Crippen molar-refractivity contribution in [3.63, 3.8) is 0 Å². The summed E-state index contributed by atoms with van der Waals surface area (Å²) >= 11 is 0. The number of nitro groups is 1. The van der Waals surface area contributed by atoms with E-state index in [2.05, 4.69) is 18.3 Å². The second kappa shape index (κ2) is 6.74. The number of anilines is 1. The van der Waals surface area contributed by atoms with Crippen molar-refractivity contribution in [3.05, 3.63) is 63.7 Å². The van der Waals surface area contributed by atoms with Crippen LogP contribution in [-0.4, -0.2) is 12.0 Å². The summed E-state index contributed by atoms with van der Waals surface area (Å²) in [4.78, 5) is 10.5. The Bertz CT molecular complexity index is 641. The smallest absolute Gasteiger partial charge is 0.292 e. The molecule has 2 aromatic rings. The van der Waals surface area contributed by atoms with Crippen LogP contribution in [0.4, 0.5) is 11.4 Å². The van der Waals surface area contributed by atoms with Gasteiger partial charge in [0.1, 0.15) is 18.0 Å². The Kier molecular flexibility index (Phi) is 4.77. The molecule has 0 heterocycles. The van der Waals surface area contributed by atoms with Gasteiger partial charge in [0.25, 0.3) is 5.69 Å². The predicted octanol–water partition coefficient (Wildman–Crippen LogP) is 3.78. The summed E-state index contributed by atoms with van der Waals surface area (Å²) in [5, 5.41) is 13.7. The lowest BCUT2D eigenvalue weighted by Crippen LogP contribution is -2.00. The highest BCUT2D eigenvalue weighted by Gasteiger charge is 2.12. The molecule has 2 aromatic carbocycles. The third kappa shape index (κ3) is 3.72. The average Bonchev–Trinajstić information content (AvgIpc) is 2.52. The van der Waals surface area contributed by atoms with Crippen molar-refractivity contribution in [2.45, 2.75) is 20.0 Å². The standard InChI is InChI=1S/C16H18N2O3/c1-3-12-5-4-6-14(9-12)21-11-13-7-8-16(18(19)20)15(10-13)17-2/h4-10,17H,3,11H2,1-2H3. The first-order valence-corrected chi connectivity index (χ1v) is 6.81. The Morgan fingerprint density at radius 2 is 2.00 bits per heavy atom. The van der Waals surface area contributed by atoms with Crippen LogP contribution < -0.4 is 10.1 Å². The van der Waals surface area contributed by atoms with Crippen LogP contribution in [0.5, 0.6) is 5.75 Å². The predicted molar refractivity (Wildman–Crippen MR) is 82.8 cm³/mol. The van der Waals surface area contributed by atoms with Gasteiger partial charge in [0.15, 0.2) is 0 Å². The molecule has 0 radical (unpaired) electrons. The van der Waals surface area contributed by atoms with Crippen molar-refractivity contribution in [1.82, 2.24) is 0 Å². The zero-order chi connectivity index (χ0) is 15.2. The molecule has 0 spiro atoms. The number of hydrogen-bond acceptors (Lipinski definition) is 4. The van der Waals surface area contributed by atoms with Gasteiger partial charge in [-0.1, -0.05) is 19.1 Å². The lowest BCUT2D eigenvalue weighted by molar-refractivity contribution is -0.384. The summed E-state index contributed by atoms with van der Waals surface area (Å²) in [6.07, 6.45) is 0.957. The Balaban J connectivity index is 2.11. The molecule has 0 bridgehead atoms. The fourth-order valence-corrected chi connectivity index (χ4v) is 2.05. The highest BCUT2D eigenvalue weighted by molar-refractivity contribution is 5.62. The maximum atomic E-state index is 10.9. The molecule has 0 aliphatic carbocycles. The Labute approximate surface area is 123 Å². The zero-order valence-corrected chi connectivity index (χ0v) is 12.1. The molecule has 0 fully saturated rings. The van der Waals surface area contributed by atoms with Gasteiger partial charge in [-0.15, -0.1) is 0 Å². The van der Waals surface area contributed by atoms with Gasteiger partial charge in [-0.2, -0.15) is 0 Å². The van der Waals surface area contributed by atoms with Crippen molar-refractivity contribution < 1.29 is 9.66 Å². The van der Waals surface area contributed by atoms with Gasteiger partial charge in [-0.3, -0.25) is 10.1 Å². The molecule has 0 atom stereocenters. The molecule has 0 aromatic heterocycles. The molecule has 0 aliphatic heterocycles. The van der Waals surface area contributed by atoms with Crippen LogP contribution in [0.1, 0.15) is 18.1 Å². The fraction of sp³-hybridized carbons (Fsp3) is 0.250. The van der Waals surface area contributed by atoms with E-state index in [9.17, 15) is 10.1 Å². The van der Waals surface area contributed by atoms with E-state index in [4.69, 9.17) is 4.74 Å². The van der Waals surface area contributed by atoms with Gasteiger partial charge < -0.3 is 10.1 Å². The highest BCUT2D eigenvalue weighted by atomic mass is 16.6. The molecular weight excluding hydrogens is 268 g/mol. The molecule has 5 nitrogen and oxygen atoms in total. The summed E-state index contributed by atoms with van der Waals surface area (Å²) in [7, 11) is 1.66. The van der Waals surface area contributed by atoms with E-state index < -0.39 is 4.92 Å². The second-order valence-electron chi connectivity index (χ2n) is 4.65. The molecule has 0 saturated heterocycles. The molecule has 110 valence electrons. The van der Waals surface area contributed by atoms with Crippen LogP contribution in [0.25, 0.3) is 0 Å². The number of nitrogens with one attached hydrogen (secondary N) is 1. The highest BCUT2D eigenvalue weighted by Crippen LogP contribution is 2.25. The number of ether oxygens (including phenoxy) is 1. The van der Waals surface area contributed by atoms with Crippen LogP contribution in [0.2, 0.25) is 0 Å². The summed E-state index contributed by atoms with van der Waals surface area (Å²) in [5.74, 6) is 0.804. The molecule has 21 heavy (non-hydrogen) atoms. The Morgan fingerprint density at radius 3 is 2.67 bits per heavy atom. The number of benzene rings is 2. The van der Waals surface area contributed by atoms with Gasteiger partial charge in [0.2, 0.25) is 0 Å². The molecule has 0 unspecified atom stereocenters. The fourth-order valence-electron chi connectivity index (χ4n) is 2.05. The first-order chi connectivity index (χ1) is 10.1. The van der Waals surface area contributed by atoms with Gasteiger partial charge in [-0.05, 0) is 41.8 Å². The molecule has 0 amide bonds. The van der Waals surface area contributed by atoms with E-state index in [1.165, 1.54) is 11.6 Å². The molecule has 1 N–H and O–H groups in total. The summed E-state index contributed by atoms with van der Waals surface area (Å²) in [6.45, 7) is 2.47. The van der Waals surface area contributed by atoms with Crippen LogP contribution in [0, 0.1) is 10.1 Å². The Hall–Kier alpha value is -2.56. The van der Waals surface area contributed by atoms with Crippen molar-refractivity contribution in [2.24, 2.45) is 0 Å². The third-order valence-corrected chi connectivity index (χ3v) is 3.24. The van der Waals surface area contributed by atoms with E-state index >= 15 is 0 Å². The van der Waals surface area contributed by atoms with Gasteiger partial charge in [0, 0.05) is 13.1 Å². The minimum atomic E-state index is -0.402. The number of rotatable bonds is 6. The SMILES string of the molecule is CCc1cccc(OCc2ccc([N+](=O)[O-])c(NC)c2)c1. The maximum Gasteiger partial charge on any atom is 0.292 e. The monoisotopic (exact) mass is 286 g/mol. The Morgan fingerprint density at radius 1 is 1.19 bits per heavy atom. The summed E-state index contributed by atoms with van der Waals surface area (Å²) < 4.78 is 5.74. The molecule has 2 rings (SSSR count). The molecule has 0 saturated carbocycles. The van der Waals surface area contributed by atoms with E-state index in [0.29, 0.717) is 12.3 Å². The molecule has 0 aliphatic rings. The maximum absolute atomic E-state index is 10.9. The number of aryl methyl sites for hydroxylation is 1. The molecular formula is C16H18N2O3. The lowest BCUT2D eigenvalue weighted by Gasteiger charge is -2.09. The van der Waals surface area contributed by atoms with Gasteiger partial charge in [0.05, 0.1) is 4.92 Å². The average molecular weight is 286 g/mol. The van der Waals surface area contributed by atoms with Crippen LogP contribution in [-0.2, 0) is 13.0 Å². The minimum absolute atomic E-state index is 0.0641. The van der Waals surface area contributed by atoms with Crippen LogP contribution in [0.15, 0.2) is 42.5 Å².